The zero-order valence-electron chi connectivity index (χ0n) is 37.7. The van der Waals surface area contributed by atoms with E-state index in [9.17, 15) is 28.8 Å². The molecule has 4 N–H and O–H groups in total. The molecule has 2 heterocycles. The molecule has 5 rings (SSSR count). The first kappa shape index (κ1) is 49.1. The average molecular weight is 879 g/mol. The van der Waals surface area contributed by atoms with Crippen LogP contribution in [-0.2, 0) is 51.0 Å². The Bertz CT molecular complexity index is 2090. The van der Waals surface area contributed by atoms with Gasteiger partial charge in [-0.1, -0.05) is 94.3 Å². The van der Waals surface area contributed by atoms with Gasteiger partial charge in [0.1, 0.15) is 36.8 Å². The van der Waals surface area contributed by atoms with Crippen molar-refractivity contribution in [1.29, 1.82) is 0 Å². The number of nitrogens with one attached hydrogen (secondary N) is 4. The van der Waals surface area contributed by atoms with E-state index < -0.39 is 59.4 Å². The lowest BCUT2D eigenvalue weighted by Gasteiger charge is -2.39. The van der Waals surface area contributed by atoms with Gasteiger partial charge in [-0.05, 0) is 79.8 Å². The minimum Gasteiger partial charge on any atom is -0.411 e. The van der Waals surface area contributed by atoms with Crippen LogP contribution in [0.1, 0.15) is 80.9 Å². The molecular weight excluding hydrogens is 815 g/mol. The summed E-state index contributed by atoms with van der Waals surface area (Å²) in [7, 11) is 0. The third-order valence-corrected chi connectivity index (χ3v) is 11.6. The summed E-state index contributed by atoms with van der Waals surface area (Å²) in [6.45, 7) is 11.0. The fraction of sp³-hybridized carbons (Fsp3) is 0.480. The molecule has 0 spiro atoms. The molecule has 0 aliphatic carbocycles. The van der Waals surface area contributed by atoms with Crippen molar-refractivity contribution >= 4 is 35.4 Å². The first-order valence-electron chi connectivity index (χ1n) is 22.2. The van der Waals surface area contributed by atoms with Gasteiger partial charge in [-0.15, -0.1) is 6.42 Å². The van der Waals surface area contributed by atoms with Crippen molar-refractivity contribution in [3.63, 3.8) is 0 Å². The number of nitrogens with zero attached hydrogens (tertiary/aromatic N) is 1. The third-order valence-electron chi connectivity index (χ3n) is 11.6. The standard InChI is InChI=1S/C50H63N5O9/c1-7-36-18-21-39(22-19-36)49(61)63-33-55(24-26-62-27-25-55)31-44(56)51-40(23-20-37-14-10-8-11-15-37)46(58)53-42(29-35(4)5)47(59)54-43(30-38-16-12-9-13-17-38)48(60)52-41(28-34(2)3)45(57)50(6)32-64-50/h1,8-19,21-22,34-35,40-43H,20,23-33H2,2-6H3,(H3-,51,52,53,54,56,58,59,60)/p+1/t40-,41-,42-,43-,50+/m0/s1. The van der Waals surface area contributed by atoms with Gasteiger partial charge in [0.2, 0.25) is 24.5 Å². The van der Waals surface area contributed by atoms with Crippen molar-refractivity contribution in [2.75, 3.05) is 46.2 Å². The van der Waals surface area contributed by atoms with Crippen LogP contribution in [0, 0.1) is 24.2 Å². The lowest BCUT2D eigenvalue weighted by molar-refractivity contribution is -0.943. The smallest absolute Gasteiger partial charge is 0.342 e. The molecule has 2 fully saturated rings. The highest BCUT2D eigenvalue weighted by Crippen LogP contribution is 2.30. The van der Waals surface area contributed by atoms with Crippen LogP contribution in [0.25, 0.3) is 0 Å². The van der Waals surface area contributed by atoms with E-state index in [1.807, 2.05) is 88.4 Å². The van der Waals surface area contributed by atoms with Crippen LogP contribution >= 0.6 is 0 Å². The summed E-state index contributed by atoms with van der Waals surface area (Å²) in [6.07, 6.45) is 6.88. The van der Waals surface area contributed by atoms with Crippen molar-refractivity contribution in [3.05, 3.63) is 107 Å². The van der Waals surface area contributed by atoms with Crippen LogP contribution in [0.15, 0.2) is 84.9 Å². The molecular formula is C50H64N5O9+. The largest absolute Gasteiger partial charge is 0.411 e. The molecule has 3 aromatic rings. The SMILES string of the molecule is C#Cc1ccc(C(=O)OC[N+]2(CC(=O)N[C@@H](CCc3ccccc3)C(=O)N[C@@H](CC(C)C)C(=O)N[C@@H](Cc3ccccc3)C(=O)N[C@@H](CC(C)C)C(=O)[C@@]3(C)CO3)CCOCC2)cc1. The number of morpholine rings is 1. The van der Waals surface area contributed by atoms with Gasteiger partial charge in [-0.3, -0.25) is 28.5 Å². The molecule has 14 nitrogen and oxygen atoms in total. The van der Waals surface area contributed by atoms with Crippen molar-refractivity contribution in [3.8, 4) is 12.3 Å². The zero-order chi connectivity index (χ0) is 46.3. The number of carbonyl (C=O) groups is 6. The van der Waals surface area contributed by atoms with Crippen molar-refractivity contribution < 1.29 is 47.5 Å². The summed E-state index contributed by atoms with van der Waals surface area (Å²) in [6, 6.07) is 21.2. The molecule has 4 amide bonds. The highest BCUT2D eigenvalue weighted by molar-refractivity contribution is 5.99. The van der Waals surface area contributed by atoms with Crippen LogP contribution in [0.4, 0.5) is 0 Å². The molecule has 64 heavy (non-hydrogen) atoms. The van der Waals surface area contributed by atoms with Crippen LogP contribution in [0.2, 0.25) is 0 Å². The van der Waals surface area contributed by atoms with E-state index in [0.717, 1.165) is 11.1 Å². The molecule has 342 valence electrons. The highest BCUT2D eigenvalue weighted by Gasteiger charge is 2.50. The summed E-state index contributed by atoms with van der Waals surface area (Å²) in [4.78, 5) is 83.4. The van der Waals surface area contributed by atoms with Crippen LogP contribution in [-0.4, -0.2) is 116 Å². The van der Waals surface area contributed by atoms with E-state index in [1.54, 1.807) is 31.2 Å². The molecule has 14 heteroatoms. The van der Waals surface area contributed by atoms with Crippen LogP contribution < -0.4 is 21.3 Å². The maximum Gasteiger partial charge on any atom is 0.342 e. The quantitative estimate of drug-likeness (QED) is 0.0476. The number of ketones is 1. The van der Waals surface area contributed by atoms with Gasteiger partial charge >= 0.3 is 5.97 Å². The number of quaternary nitrogens is 1. The number of amides is 4. The Balaban J connectivity index is 1.33. The lowest BCUT2D eigenvalue weighted by atomic mass is 9.93. The van der Waals surface area contributed by atoms with Crippen LogP contribution in [0.3, 0.4) is 0 Å². The number of ether oxygens (including phenoxy) is 3. The normalized spacial score (nSPS) is 18.3. The predicted octanol–water partition coefficient (Wildman–Crippen LogP) is 3.89. The Hall–Kier alpha value is -5.88. The summed E-state index contributed by atoms with van der Waals surface area (Å²) in [5, 5.41) is 11.7. The van der Waals surface area contributed by atoms with E-state index in [2.05, 4.69) is 27.2 Å². The van der Waals surface area contributed by atoms with Gasteiger partial charge in [-0.2, -0.15) is 0 Å². The van der Waals surface area contributed by atoms with Crippen molar-refractivity contribution in [2.24, 2.45) is 11.8 Å². The Morgan fingerprint density at radius 2 is 1.25 bits per heavy atom. The fourth-order valence-corrected chi connectivity index (χ4v) is 7.71. The molecule has 2 aliphatic heterocycles. The Kier molecular flexibility index (Phi) is 17.8. The first-order chi connectivity index (χ1) is 30.6. The molecule has 0 aromatic heterocycles. The molecule has 3 aromatic carbocycles. The second-order valence-corrected chi connectivity index (χ2v) is 18.0. The topological polar surface area (TPSA) is 182 Å². The second-order valence-electron chi connectivity index (χ2n) is 18.0. The van der Waals surface area contributed by atoms with Crippen molar-refractivity contribution in [1.82, 2.24) is 21.3 Å². The van der Waals surface area contributed by atoms with E-state index in [0.29, 0.717) is 50.3 Å². The maximum absolute atomic E-state index is 14.4. The molecule has 2 aliphatic rings. The van der Waals surface area contributed by atoms with Gasteiger partial charge in [0.25, 0.3) is 5.91 Å². The number of hydrogen-bond acceptors (Lipinski definition) is 9. The van der Waals surface area contributed by atoms with E-state index in [-0.39, 0.29) is 61.2 Å². The fourth-order valence-electron chi connectivity index (χ4n) is 7.71. The number of terminal acetylenes is 1. The highest BCUT2D eigenvalue weighted by atomic mass is 16.6. The third kappa shape index (κ3) is 14.9. The Labute approximate surface area is 377 Å². The summed E-state index contributed by atoms with van der Waals surface area (Å²) in [5.41, 5.74) is 1.73. The van der Waals surface area contributed by atoms with Gasteiger partial charge in [0.15, 0.2) is 12.3 Å². The number of rotatable bonds is 23. The van der Waals surface area contributed by atoms with E-state index in [1.165, 1.54) is 0 Å². The number of carbonyl (C=O) groups excluding carboxylic acids is 6. The number of epoxide rings is 1. The molecule has 2 saturated heterocycles. The predicted molar refractivity (Wildman–Crippen MR) is 241 cm³/mol. The second kappa shape index (κ2) is 23.2. The first-order valence-corrected chi connectivity index (χ1v) is 22.2. The lowest BCUT2D eigenvalue weighted by Crippen LogP contribution is -2.62. The van der Waals surface area contributed by atoms with E-state index in [4.69, 9.17) is 20.6 Å². The molecule has 0 saturated carbocycles. The Morgan fingerprint density at radius 1 is 0.719 bits per heavy atom. The van der Waals surface area contributed by atoms with Crippen molar-refractivity contribution in [2.45, 2.75) is 96.5 Å². The summed E-state index contributed by atoms with van der Waals surface area (Å²) >= 11 is 0. The Morgan fingerprint density at radius 3 is 1.83 bits per heavy atom. The molecule has 0 radical (unpaired) electrons. The number of aryl methyl sites for hydroxylation is 1. The molecule has 0 unspecified atom stereocenters. The number of Topliss-reactive ketones (excluding diaryl/α,β-unsaturated/α-hetero) is 1. The minimum atomic E-state index is -1.09. The van der Waals surface area contributed by atoms with Gasteiger partial charge in [0.05, 0.1) is 31.4 Å². The van der Waals surface area contributed by atoms with Gasteiger partial charge in [-0.25, -0.2) is 4.79 Å². The van der Waals surface area contributed by atoms with E-state index >= 15 is 0 Å². The maximum atomic E-state index is 14.4. The van der Waals surface area contributed by atoms with Gasteiger partial charge < -0.3 is 35.5 Å². The minimum absolute atomic E-state index is 0.0502. The number of benzene rings is 3. The van der Waals surface area contributed by atoms with Crippen LogP contribution in [0.5, 0.6) is 0 Å². The zero-order valence-corrected chi connectivity index (χ0v) is 37.7. The monoisotopic (exact) mass is 878 g/mol. The van der Waals surface area contributed by atoms with Gasteiger partial charge in [0, 0.05) is 12.0 Å². The summed E-state index contributed by atoms with van der Waals surface area (Å²) in [5.74, 6) is -0.341. The number of esters is 1. The molecule has 5 atom stereocenters. The average Bonchev–Trinajstić information content (AvgIpc) is 4.04. The number of hydrogen-bond donors (Lipinski definition) is 4. The molecule has 0 bridgehead atoms. The summed E-state index contributed by atoms with van der Waals surface area (Å²) < 4.78 is 16.9.